The normalized spacial score (nSPS) is 13.8. The van der Waals surface area contributed by atoms with Gasteiger partial charge in [0.1, 0.15) is 0 Å². The first-order valence-corrected chi connectivity index (χ1v) is 1.78. The predicted octanol–water partition coefficient (Wildman–Crippen LogP) is -0.110. The number of rotatable bonds is 1. The highest BCUT2D eigenvalue weighted by Crippen LogP contribution is 1.64. The first-order valence-electron chi connectivity index (χ1n) is 0.714. The molecule has 30 valence electrons. The summed E-state index contributed by atoms with van der Waals surface area (Å²) in [6.45, 7) is 0. The molecule has 5 heavy (non-hydrogen) atoms. The second-order valence-electron chi connectivity index (χ2n) is 0.305. The van der Waals surface area contributed by atoms with E-state index < -0.39 is 11.3 Å². The SMILES string of the molecule is O=NS(=O)O. The summed E-state index contributed by atoms with van der Waals surface area (Å²) in [7, 11) is 0. The van der Waals surface area contributed by atoms with Crippen molar-refractivity contribution in [3.63, 3.8) is 0 Å². The van der Waals surface area contributed by atoms with E-state index in [0.717, 1.165) is 0 Å². The van der Waals surface area contributed by atoms with Gasteiger partial charge in [0.2, 0.25) is 0 Å². The molecule has 0 aromatic rings. The van der Waals surface area contributed by atoms with E-state index in [-0.39, 0.29) is 0 Å². The van der Waals surface area contributed by atoms with Crippen molar-refractivity contribution in [2.75, 3.05) is 0 Å². The Morgan fingerprint density at radius 1 is 1.80 bits per heavy atom. The summed E-state index contributed by atoms with van der Waals surface area (Å²) < 4.78 is 18.0. The molecule has 0 heterocycles. The summed E-state index contributed by atoms with van der Waals surface area (Å²) in [5, 5.41) is 0. The second kappa shape index (κ2) is 1.98. The van der Waals surface area contributed by atoms with Crippen LogP contribution in [-0.2, 0) is 11.3 Å². The van der Waals surface area contributed by atoms with Crippen LogP contribution in [0.4, 0.5) is 0 Å². The molecule has 0 aliphatic rings. The Balaban J connectivity index is 3.20. The van der Waals surface area contributed by atoms with Crippen molar-refractivity contribution >= 4 is 11.3 Å². The summed E-state index contributed by atoms with van der Waals surface area (Å²) in [5.41, 5.74) is 0. The van der Waals surface area contributed by atoms with Gasteiger partial charge in [0.25, 0.3) is 0 Å². The van der Waals surface area contributed by atoms with Crippen LogP contribution in [0.3, 0.4) is 0 Å². The highest BCUT2D eigenvalue weighted by atomic mass is 32.2. The molecule has 0 aromatic heterocycles. The van der Waals surface area contributed by atoms with E-state index in [9.17, 15) is 0 Å². The van der Waals surface area contributed by atoms with Crippen molar-refractivity contribution in [1.82, 2.24) is 0 Å². The van der Waals surface area contributed by atoms with E-state index in [4.69, 9.17) is 13.7 Å². The first kappa shape index (κ1) is 4.71. The Morgan fingerprint density at radius 2 is 2.00 bits per heavy atom. The van der Waals surface area contributed by atoms with Crippen molar-refractivity contribution in [3.05, 3.63) is 4.91 Å². The maximum atomic E-state index is 9.00. The Labute approximate surface area is 30.6 Å². The van der Waals surface area contributed by atoms with Crippen LogP contribution in [0, 0.1) is 4.91 Å². The van der Waals surface area contributed by atoms with Crippen LogP contribution in [0.2, 0.25) is 0 Å². The van der Waals surface area contributed by atoms with Gasteiger partial charge in [-0.2, -0.15) is 0 Å². The fourth-order valence-electron chi connectivity index (χ4n) is 0. The lowest BCUT2D eigenvalue weighted by Crippen LogP contribution is -1.70. The van der Waals surface area contributed by atoms with Crippen molar-refractivity contribution in [2.24, 2.45) is 4.58 Å². The summed E-state index contributed by atoms with van der Waals surface area (Å²) in [6, 6.07) is 0. The smallest absolute Gasteiger partial charge is 0.286 e. The van der Waals surface area contributed by atoms with Gasteiger partial charge in [0, 0.05) is 0 Å². The van der Waals surface area contributed by atoms with Gasteiger partial charge in [-0.3, -0.25) is 4.55 Å². The van der Waals surface area contributed by atoms with E-state index in [1.807, 2.05) is 0 Å². The van der Waals surface area contributed by atoms with Gasteiger partial charge < -0.3 is 0 Å². The molecule has 1 atom stereocenters. The van der Waals surface area contributed by atoms with Gasteiger partial charge in [-0.1, -0.05) is 0 Å². The summed E-state index contributed by atoms with van der Waals surface area (Å²) >= 11 is -2.50. The van der Waals surface area contributed by atoms with Gasteiger partial charge in [-0.25, -0.2) is 4.21 Å². The zero-order valence-corrected chi connectivity index (χ0v) is 2.94. The third-order valence-electron chi connectivity index (χ3n) is 0.0638. The minimum Gasteiger partial charge on any atom is -0.286 e. The standard InChI is InChI=1S/HNO3S/c2-1-5(3)4/h(H,3,4). The summed E-state index contributed by atoms with van der Waals surface area (Å²) in [4.78, 5) is 8.70. The molecule has 5 heteroatoms. The van der Waals surface area contributed by atoms with Crippen LogP contribution in [0.15, 0.2) is 4.58 Å². The minimum absolute atomic E-state index is 1.67. The van der Waals surface area contributed by atoms with Gasteiger partial charge in [0.05, 0.1) is 4.58 Å². The molecule has 4 nitrogen and oxygen atoms in total. The quantitative estimate of drug-likeness (QED) is 0.365. The molecule has 0 bridgehead atoms. The topological polar surface area (TPSA) is 66.7 Å². The largest absolute Gasteiger partial charge is 0.320 e. The van der Waals surface area contributed by atoms with Crippen molar-refractivity contribution in [3.8, 4) is 0 Å². The number of hydrogen-bond donors (Lipinski definition) is 1. The fraction of sp³-hybridized carbons (Fsp3) is 0. The number of nitrogens with zero attached hydrogens (tertiary/aromatic N) is 1. The highest BCUT2D eigenvalue weighted by molar-refractivity contribution is 7.77. The first-order chi connectivity index (χ1) is 2.27. The van der Waals surface area contributed by atoms with Crippen LogP contribution in [0.5, 0.6) is 0 Å². The van der Waals surface area contributed by atoms with Gasteiger partial charge in [-0.15, -0.1) is 4.91 Å². The third kappa shape index (κ3) is 3.71. The van der Waals surface area contributed by atoms with Crippen LogP contribution in [0.1, 0.15) is 0 Å². The molecule has 0 fully saturated rings. The molecular formula is HNO3S. The zero-order chi connectivity index (χ0) is 4.28. The van der Waals surface area contributed by atoms with Gasteiger partial charge >= 0.3 is 11.3 Å². The lowest BCUT2D eigenvalue weighted by Gasteiger charge is -1.58. The third-order valence-corrected chi connectivity index (χ3v) is 0.191. The maximum Gasteiger partial charge on any atom is 0.320 e. The van der Waals surface area contributed by atoms with Crippen LogP contribution < -0.4 is 0 Å². The average molecular weight is 95.1 g/mol. The molecule has 0 aliphatic heterocycles. The number of hydrogen-bond acceptors (Lipinski definition) is 2. The van der Waals surface area contributed by atoms with E-state index in [2.05, 4.69) is 0 Å². The molecule has 0 saturated heterocycles. The lowest BCUT2D eigenvalue weighted by atomic mass is 13.7. The molecule has 0 aliphatic carbocycles. The molecule has 0 radical (unpaired) electrons. The fourth-order valence-corrected chi connectivity index (χ4v) is 0. The Bertz CT molecular complexity index is 57.9. The molecule has 0 spiro atoms. The molecule has 0 aromatic carbocycles. The minimum atomic E-state index is -2.50. The van der Waals surface area contributed by atoms with E-state index in [1.165, 1.54) is 0 Å². The highest BCUT2D eigenvalue weighted by Gasteiger charge is 1.76. The Morgan fingerprint density at radius 3 is 2.00 bits per heavy atom. The molecule has 0 amide bonds. The Kier molecular flexibility index (Phi) is 1.86. The summed E-state index contributed by atoms with van der Waals surface area (Å²) in [5.74, 6) is 0. The lowest BCUT2D eigenvalue weighted by molar-refractivity contribution is 0.566. The van der Waals surface area contributed by atoms with E-state index in [0.29, 0.717) is 0 Å². The summed E-state index contributed by atoms with van der Waals surface area (Å²) in [6.07, 6.45) is 0. The van der Waals surface area contributed by atoms with Crippen molar-refractivity contribution < 1.29 is 8.76 Å². The maximum absolute atomic E-state index is 9.00. The van der Waals surface area contributed by atoms with Gasteiger partial charge in [-0.05, 0) is 0 Å². The van der Waals surface area contributed by atoms with E-state index in [1.54, 1.807) is 4.58 Å². The molecule has 1 N–H and O–H groups in total. The van der Waals surface area contributed by atoms with Crippen molar-refractivity contribution in [2.45, 2.75) is 0 Å². The molecular weight excluding hydrogens is 94.1 g/mol. The second-order valence-corrected chi connectivity index (χ2v) is 0.916. The molecule has 0 rings (SSSR count). The Hall–Kier alpha value is -0.290. The molecule has 0 saturated carbocycles. The van der Waals surface area contributed by atoms with Gasteiger partial charge in [0.15, 0.2) is 0 Å². The van der Waals surface area contributed by atoms with Crippen LogP contribution in [-0.4, -0.2) is 8.76 Å². The predicted molar refractivity (Wildman–Crippen MR) is 16.6 cm³/mol. The molecule has 1 unspecified atom stereocenters. The monoisotopic (exact) mass is 95.0 g/mol. The zero-order valence-electron chi connectivity index (χ0n) is 2.12. The van der Waals surface area contributed by atoms with Crippen molar-refractivity contribution in [1.29, 1.82) is 0 Å². The van der Waals surface area contributed by atoms with Crippen LogP contribution >= 0.6 is 0 Å². The number of nitroso groups, excluding NO2 is 1. The van der Waals surface area contributed by atoms with Crippen LogP contribution in [0.25, 0.3) is 0 Å². The average Bonchev–Trinajstić information content (AvgIpc) is 1.38. The van der Waals surface area contributed by atoms with E-state index >= 15 is 0 Å².